The van der Waals surface area contributed by atoms with E-state index < -0.39 is 11.6 Å². The van der Waals surface area contributed by atoms with Crippen LogP contribution in [0.25, 0.3) is 0 Å². The lowest BCUT2D eigenvalue weighted by Crippen LogP contribution is -2.40. The highest BCUT2D eigenvalue weighted by molar-refractivity contribution is 5.28. The number of halogens is 2. The lowest BCUT2D eigenvalue weighted by atomic mass is 9.69. The summed E-state index contributed by atoms with van der Waals surface area (Å²) in [6.07, 6.45) is 5.55. The maximum absolute atomic E-state index is 13.4. The van der Waals surface area contributed by atoms with Crippen molar-refractivity contribution in [1.29, 1.82) is 0 Å². The normalized spacial score (nSPS) is 18.8. The molecule has 0 heterocycles. The molecule has 1 saturated carbocycles. The Balaban J connectivity index is 2.31. The van der Waals surface area contributed by atoms with E-state index in [-0.39, 0.29) is 5.41 Å². The van der Waals surface area contributed by atoms with Gasteiger partial charge in [0.05, 0.1) is 0 Å². The van der Waals surface area contributed by atoms with Crippen LogP contribution in [-0.2, 0) is 5.41 Å². The molecule has 0 amide bonds. The molecule has 1 N–H and O–H groups in total. The van der Waals surface area contributed by atoms with Gasteiger partial charge in [0, 0.05) is 18.0 Å². The van der Waals surface area contributed by atoms with Crippen LogP contribution in [-0.4, -0.2) is 13.1 Å². The molecule has 0 aromatic heterocycles. The Kier molecular flexibility index (Phi) is 4.33. The number of nitrogens with one attached hydrogen (secondary N) is 1. The molecular weight excluding hydrogens is 232 g/mol. The van der Waals surface area contributed by atoms with Gasteiger partial charge in [0.1, 0.15) is 11.6 Å². The fourth-order valence-corrected chi connectivity index (χ4v) is 3.02. The fraction of sp³-hybridized carbons (Fsp3) is 0.600. The molecule has 0 saturated heterocycles. The average molecular weight is 253 g/mol. The van der Waals surface area contributed by atoms with Gasteiger partial charge in [-0.2, -0.15) is 0 Å². The van der Waals surface area contributed by atoms with E-state index in [1.54, 1.807) is 0 Å². The monoisotopic (exact) mass is 253 g/mol. The summed E-state index contributed by atoms with van der Waals surface area (Å²) in [5.41, 5.74) is 0.734. The number of benzene rings is 1. The van der Waals surface area contributed by atoms with Gasteiger partial charge in [-0.15, -0.1) is 0 Å². The SMILES string of the molecule is CCNCC1(c2cc(F)cc(F)c2)CCCCC1. The lowest BCUT2D eigenvalue weighted by molar-refractivity contribution is 0.280. The second kappa shape index (κ2) is 5.79. The van der Waals surface area contributed by atoms with Crippen LogP contribution in [0.4, 0.5) is 8.78 Å². The third-order valence-electron chi connectivity index (χ3n) is 4.00. The first-order valence-electron chi connectivity index (χ1n) is 6.83. The van der Waals surface area contributed by atoms with Gasteiger partial charge in [0.15, 0.2) is 0 Å². The maximum Gasteiger partial charge on any atom is 0.126 e. The van der Waals surface area contributed by atoms with E-state index in [4.69, 9.17) is 0 Å². The minimum Gasteiger partial charge on any atom is -0.316 e. The Hall–Kier alpha value is -0.960. The Bertz CT molecular complexity index is 377. The van der Waals surface area contributed by atoms with E-state index in [1.165, 1.54) is 18.6 Å². The van der Waals surface area contributed by atoms with Crippen LogP contribution in [0.5, 0.6) is 0 Å². The van der Waals surface area contributed by atoms with Crippen molar-refractivity contribution in [2.45, 2.75) is 44.4 Å². The second-order valence-electron chi connectivity index (χ2n) is 5.28. The van der Waals surface area contributed by atoms with Gasteiger partial charge in [-0.3, -0.25) is 0 Å². The Labute approximate surface area is 108 Å². The lowest BCUT2D eigenvalue weighted by Gasteiger charge is -2.38. The molecule has 0 spiro atoms. The Morgan fingerprint density at radius 3 is 2.22 bits per heavy atom. The molecule has 0 radical (unpaired) electrons. The molecule has 2 rings (SSSR count). The molecule has 0 unspecified atom stereocenters. The quantitative estimate of drug-likeness (QED) is 0.861. The molecule has 1 fully saturated rings. The smallest absolute Gasteiger partial charge is 0.126 e. The molecule has 0 aliphatic heterocycles. The molecule has 1 nitrogen and oxygen atoms in total. The first kappa shape index (κ1) is 13.5. The van der Waals surface area contributed by atoms with E-state index >= 15 is 0 Å². The van der Waals surface area contributed by atoms with Crippen LogP contribution >= 0.6 is 0 Å². The topological polar surface area (TPSA) is 12.0 Å². The first-order chi connectivity index (χ1) is 8.66. The average Bonchev–Trinajstić information content (AvgIpc) is 2.36. The Morgan fingerprint density at radius 1 is 1.06 bits per heavy atom. The van der Waals surface area contributed by atoms with Crippen molar-refractivity contribution in [1.82, 2.24) is 5.32 Å². The molecule has 3 heteroatoms. The zero-order valence-electron chi connectivity index (χ0n) is 10.9. The fourth-order valence-electron chi connectivity index (χ4n) is 3.02. The minimum atomic E-state index is -0.466. The van der Waals surface area contributed by atoms with Crippen molar-refractivity contribution in [2.24, 2.45) is 0 Å². The van der Waals surface area contributed by atoms with Gasteiger partial charge in [0.25, 0.3) is 0 Å². The number of likely N-dealkylation sites (N-methyl/N-ethyl adjacent to an activating group) is 1. The maximum atomic E-state index is 13.4. The number of hydrogen-bond donors (Lipinski definition) is 1. The van der Waals surface area contributed by atoms with E-state index in [1.807, 2.05) is 0 Å². The molecule has 0 atom stereocenters. The summed E-state index contributed by atoms with van der Waals surface area (Å²) >= 11 is 0. The zero-order chi connectivity index (χ0) is 13.0. The highest BCUT2D eigenvalue weighted by Gasteiger charge is 2.34. The van der Waals surface area contributed by atoms with Crippen molar-refractivity contribution >= 4 is 0 Å². The molecule has 1 aliphatic carbocycles. The molecule has 0 bridgehead atoms. The van der Waals surface area contributed by atoms with Crippen LogP contribution in [0, 0.1) is 11.6 Å². The van der Waals surface area contributed by atoms with Crippen LogP contribution in [0.2, 0.25) is 0 Å². The van der Waals surface area contributed by atoms with E-state index in [2.05, 4.69) is 12.2 Å². The van der Waals surface area contributed by atoms with Crippen molar-refractivity contribution in [2.75, 3.05) is 13.1 Å². The summed E-state index contributed by atoms with van der Waals surface area (Å²) < 4.78 is 26.8. The second-order valence-corrected chi connectivity index (χ2v) is 5.28. The minimum absolute atomic E-state index is 0.0861. The standard InChI is InChI=1S/C15H21F2N/c1-2-18-11-15(6-4-3-5-7-15)12-8-13(16)10-14(17)9-12/h8-10,18H,2-7,11H2,1H3. The molecular formula is C15H21F2N. The van der Waals surface area contributed by atoms with Crippen molar-refractivity contribution in [3.05, 3.63) is 35.4 Å². The molecule has 100 valence electrons. The molecule has 1 aromatic rings. The van der Waals surface area contributed by atoms with Crippen molar-refractivity contribution in [3.63, 3.8) is 0 Å². The predicted octanol–water partition coefficient (Wildman–Crippen LogP) is 3.78. The van der Waals surface area contributed by atoms with Crippen LogP contribution in [0.1, 0.15) is 44.6 Å². The Morgan fingerprint density at radius 2 is 1.67 bits per heavy atom. The summed E-state index contributed by atoms with van der Waals surface area (Å²) in [6, 6.07) is 3.96. The number of hydrogen-bond acceptors (Lipinski definition) is 1. The van der Waals surface area contributed by atoms with Gasteiger partial charge >= 0.3 is 0 Å². The largest absolute Gasteiger partial charge is 0.316 e. The van der Waals surface area contributed by atoms with Crippen molar-refractivity contribution < 1.29 is 8.78 Å². The van der Waals surface area contributed by atoms with Crippen molar-refractivity contribution in [3.8, 4) is 0 Å². The summed E-state index contributed by atoms with van der Waals surface area (Å²) in [5, 5.41) is 3.35. The van der Waals surface area contributed by atoms with Gasteiger partial charge in [0.2, 0.25) is 0 Å². The number of rotatable bonds is 4. The predicted molar refractivity (Wildman–Crippen MR) is 69.7 cm³/mol. The highest BCUT2D eigenvalue weighted by atomic mass is 19.1. The molecule has 1 aliphatic rings. The van der Waals surface area contributed by atoms with Crippen LogP contribution in [0.3, 0.4) is 0 Å². The summed E-state index contributed by atoms with van der Waals surface area (Å²) in [5.74, 6) is -0.933. The summed E-state index contributed by atoms with van der Waals surface area (Å²) in [4.78, 5) is 0. The third kappa shape index (κ3) is 2.89. The van der Waals surface area contributed by atoms with Crippen LogP contribution < -0.4 is 5.32 Å². The molecule has 1 aromatic carbocycles. The van der Waals surface area contributed by atoms with Gasteiger partial charge < -0.3 is 5.32 Å². The van der Waals surface area contributed by atoms with E-state index in [9.17, 15) is 8.78 Å². The van der Waals surface area contributed by atoms with E-state index in [0.29, 0.717) is 0 Å². The van der Waals surface area contributed by atoms with Crippen LogP contribution in [0.15, 0.2) is 18.2 Å². The van der Waals surface area contributed by atoms with Gasteiger partial charge in [-0.1, -0.05) is 26.2 Å². The van der Waals surface area contributed by atoms with E-state index in [0.717, 1.165) is 50.4 Å². The summed E-state index contributed by atoms with van der Waals surface area (Å²) in [7, 11) is 0. The van der Waals surface area contributed by atoms with Gasteiger partial charge in [-0.25, -0.2) is 8.78 Å². The first-order valence-corrected chi connectivity index (χ1v) is 6.83. The highest BCUT2D eigenvalue weighted by Crippen LogP contribution is 2.39. The molecule has 18 heavy (non-hydrogen) atoms. The summed E-state index contributed by atoms with van der Waals surface area (Å²) in [6.45, 7) is 3.76. The zero-order valence-corrected chi connectivity index (χ0v) is 10.9. The third-order valence-corrected chi connectivity index (χ3v) is 4.00. The van der Waals surface area contributed by atoms with Gasteiger partial charge in [-0.05, 0) is 37.1 Å².